The van der Waals surface area contributed by atoms with Gasteiger partial charge in [-0.1, -0.05) is 0 Å². The zero-order chi connectivity index (χ0) is 14.2. The molecule has 0 amide bonds. The van der Waals surface area contributed by atoms with Crippen LogP contribution in [0.15, 0.2) is 12.4 Å². The molecule has 4 fully saturated rings. The van der Waals surface area contributed by atoms with E-state index in [9.17, 15) is 13.2 Å². The molecule has 0 atom stereocenters. The minimum absolute atomic E-state index is 0.0234. The molecule has 0 radical (unpaired) electrons. The summed E-state index contributed by atoms with van der Waals surface area (Å²) in [5.41, 5.74) is 7.48. The molecule has 0 spiro atoms. The van der Waals surface area contributed by atoms with Crippen LogP contribution in [-0.2, 0) is 10.2 Å². The largest absolute Gasteiger partial charge is 0.522 e. The summed E-state index contributed by atoms with van der Waals surface area (Å²) in [4.78, 5) is 0. The van der Waals surface area contributed by atoms with Crippen molar-refractivity contribution in [2.45, 2.75) is 61.6 Å². The lowest BCUT2D eigenvalue weighted by atomic mass is 9.38. The van der Waals surface area contributed by atoms with Crippen molar-refractivity contribution in [1.82, 2.24) is 9.78 Å². The maximum Gasteiger partial charge on any atom is 0.522 e. The molecule has 7 heteroatoms. The third-order valence-electron chi connectivity index (χ3n) is 5.03. The summed E-state index contributed by atoms with van der Waals surface area (Å²) in [5, 5.41) is 4.30. The van der Waals surface area contributed by atoms with Gasteiger partial charge >= 0.3 is 6.36 Å². The van der Waals surface area contributed by atoms with Crippen molar-refractivity contribution in [1.29, 1.82) is 0 Å². The van der Waals surface area contributed by atoms with Crippen LogP contribution in [0.5, 0.6) is 0 Å². The molecule has 2 N–H and O–H groups in total. The fourth-order valence-electron chi connectivity index (χ4n) is 4.02. The molecular weight excluding hydrogens is 271 g/mol. The number of nitrogens with two attached hydrogens (primary N) is 1. The van der Waals surface area contributed by atoms with Crippen molar-refractivity contribution >= 4 is 0 Å². The highest BCUT2D eigenvalue weighted by molar-refractivity contribution is 5.39. The Balaban J connectivity index is 1.37. The van der Waals surface area contributed by atoms with Crippen LogP contribution in [0.25, 0.3) is 0 Å². The molecule has 4 aliphatic carbocycles. The number of ether oxygens (including phenoxy) is 1. The van der Waals surface area contributed by atoms with Crippen LogP contribution in [0, 0.1) is 0 Å². The van der Waals surface area contributed by atoms with Gasteiger partial charge in [-0.2, -0.15) is 5.10 Å². The van der Waals surface area contributed by atoms with Crippen molar-refractivity contribution < 1.29 is 17.9 Å². The summed E-state index contributed by atoms with van der Waals surface area (Å²) < 4.78 is 41.9. The van der Waals surface area contributed by atoms with E-state index < -0.39 is 12.5 Å². The normalized spacial score (nSPS) is 42.6. The van der Waals surface area contributed by atoms with Gasteiger partial charge in [0.25, 0.3) is 0 Å². The quantitative estimate of drug-likeness (QED) is 0.927. The summed E-state index contributed by atoms with van der Waals surface area (Å²) >= 11 is 0. The smallest absolute Gasteiger partial charge is 0.325 e. The average molecular weight is 287 g/mol. The number of aromatic nitrogens is 2. The molecule has 4 saturated carbocycles. The minimum atomic E-state index is -4.54. The second kappa shape index (κ2) is 3.57. The number of halogens is 3. The first kappa shape index (κ1) is 12.6. The molecule has 2 bridgehead atoms. The van der Waals surface area contributed by atoms with Crippen molar-refractivity contribution in [3.63, 3.8) is 0 Å². The van der Waals surface area contributed by atoms with Gasteiger partial charge in [0.15, 0.2) is 0 Å². The highest BCUT2D eigenvalue weighted by Gasteiger charge is 2.66. The van der Waals surface area contributed by atoms with Crippen molar-refractivity contribution in [2.75, 3.05) is 0 Å². The monoisotopic (exact) mass is 287 g/mol. The maximum atomic E-state index is 12.1. The van der Waals surface area contributed by atoms with E-state index in [0.29, 0.717) is 12.8 Å². The van der Waals surface area contributed by atoms with Gasteiger partial charge in [-0.15, -0.1) is 13.2 Å². The van der Waals surface area contributed by atoms with Gasteiger partial charge in [-0.05, 0) is 37.7 Å². The first-order chi connectivity index (χ1) is 9.27. The molecule has 0 unspecified atom stereocenters. The Bertz CT molecular complexity index is 528. The molecule has 0 saturated heterocycles. The molecule has 1 aromatic rings. The van der Waals surface area contributed by atoms with Gasteiger partial charge < -0.3 is 5.73 Å². The predicted octanol–water partition coefficient (Wildman–Crippen LogP) is 2.26. The second-order valence-corrected chi connectivity index (χ2v) is 6.69. The first-order valence-corrected chi connectivity index (χ1v) is 6.85. The number of hydrogen-bond acceptors (Lipinski definition) is 3. The molecule has 110 valence electrons. The van der Waals surface area contributed by atoms with Crippen LogP contribution in [0.2, 0.25) is 0 Å². The minimum Gasteiger partial charge on any atom is -0.325 e. The van der Waals surface area contributed by atoms with Crippen LogP contribution < -0.4 is 5.73 Å². The third-order valence-corrected chi connectivity index (χ3v) is 5.03. The van der Waals surface area contributed by atoms with Crippen LogP contribution in [0.3, 0.4) is 0 Å². The lowest BCUT2D eigenvalue weighted by molar-refractivity contribution is -0.353. The van der Waals surface area contributed by atoms with Crippen LogP contribution in [0.4, 0.5) is 13.2 Å². The summed E-state index contributed by atoms with van der Waals surface area (Å²) in [6.45, 7) is 0. The lowest BCUT2D eigenvalue weighted by Gasteiger charge is -2.69. The molecule has 4 aliphatic rings. The molecule has 1 heterocycles. The van der Waals surface area contributed by atoms with E-state index in [0.717, 1.165) is 19.3 Å². The van der Waals surface area contributed by atoms with Gasteiger partial charge in [-0.3, -0.25) is 9.42 Å². The standard InChI is InChI=1S/C13H16F3N3O/c14-13(15,16)20-10-1-9(2-10)19-4-8(3-18-19)11-5-12(17,6-11)7-11/h3-4,9-10H,1-2,5-7,17H2/t9-,10+,11?,12?. The van der Waals surface area contributed by atoms with Crippen LogP contribution >= 0.6 is 0 Å². The Labute approximate surface area is 114 Å². The van der Waals surface area contributed by atoms with Crippen molar-refractivity contribution in [2.24, 2.45) is 5.73 Å². The zero-order valence-corrected chi connectivity index (χ0v) is 10.9. The molecular formula is C13H16F3N3O. The highest BCUT2D eigenvalue weighted by atomic mass is 19.4. The van der Waals surface area contributed by atoms with E-state index in [1.54, 1.807) is 4.68 Å². The predicted molar refractivity (Wildman–Crippen MR) is 63.9 cm³/mol. The summed E-state index contributed by atoms with van der Waals surface area (Å²) in [7, 11) is 0. The zero-order valence-electron chi connectivity index (χ0n) is 10.9. The van der Waals surface area contributed by atoms with Crippen LogP contribution in [-0.4, -0.2) is 27.8 Å². The van der Waals surface area contributed by atoms with E-state index in [1.807, 2.05) is 12.4 Å². The fourth-order valence-corrected chi connectivity index (χ4v) is 4.02. The first-order valence-electron chi connectivity index (χ1n) is 6.85. The Morgan fingerprint density at radius 1 is 1.30 bits per heavy atom. The average Bonchev–Trinajstić information content (AvgIpc) is 2.64. The van der Waals surface area contributed by atoms with E-state index >= 15 is 0 Å². The Hall–Kier alpha value is -1.08. The summed E-state index contributed by atoms with van der Waals surface area (Å²) in [6, 6.07) is 0.0234. The Morgan fingerprint density at radius 2 is 1.95 bits per heavy atom. The van der Waals surface area contributed by atoms with E-state index in [1.165, 1.54) is 5.56 Å². The lowest BCUT2D eigenvalue weighted by Crippen LogP contribution is -2.74. The topological polar surface area (TPSA) is 53.1 Å². The highest BCUT2D eigenvalue weighted by Crippen LogP contribution is 2.66. The second-order valence-electron chi connectivity index (χ2n) is 6.69. The molecule has 0 aromatic carbocycles. The van der Waals surface area contributed by atoms with E-state index in [-0.39, 0.29) is 17.0 Å². The Kier molecular flexibility index (Phi) is 2.26. The van der Waals surface area contributed by atoms with E-state index in [4.69, 9.17) is 5.73 Å². The molecule has 20 heavy (non-hydrogen) atoms. The van der Waals surface area contributed by atoms with Crippen LogP contribution in [0.1, 0.15) is 43.7 Å². The molecule has 0 aliphatic heterocycles. The van der Waals surface area contributed by atoms with Gasteiger partial charge in [0.1, 0.15) is 0 Å². The van der Waals surface area contributed by atoms with Crippen molar-refractivity contribution in [3.8, 4) is 0 Å². The molecule has 4 nitrogen and oxygen atoms in total. The molecule has 1 aromatic heterocycles. The fraction of sp³-hybridized carbons (Fsp3) is 0.769. The van der Waals surface area contributed by atoms with Gasteiger partial charge in [0, 0.05) is 17.2 Å². The summed E-state index contributed by atoms with van der Waals surface area (Å²) in [6.07, 6.45) is 2.33. The SMILES string of the molecule is NC12CC(c3cnn([C@H]4C[C@@H](OC(F)(F)F)C4)c3)(C1)C2. The number of rotatable bonds is 3. The molecule has 5 rings (SSSR count). The van der Waals surface area contributed by atoms with Gasteiger partial charge in [0.05, 0.1) is 18.3 Å². The number of alkyl halides is 3. The Morgan fingerprint density at radius 3 is 2.50 bits per heavy atom. The van der Waals surface area contributed by atoms with E-state index in [2.05, 4.69) is 9.84 Å². The number of hydrogen-bond donors (Lipinski definition) is 1. The third kappa shape index (κ3) is 1.79. The van der Waals surface area contributed by atoms with Gasteiger partial charge in [0.2, 0.25) is 0 Å². The van der Waals surface area contributed by atoms with Gasteiger partial charge in [-0.25, -0.2) is 0 Å². The number of nitrogens with zero attached hydrogens (tertiary/aromatic N) is 2. The summed E-state index contributed by atoms with van der Waals surface area (Å²) in [5.74, 6) is 0. The maximum absolute atomic E-state index is 12.1. The van der Waals surface area contributed by atoms with Crippen molar-refractivity contribution in [3.05, 3.63) is 18.0 Å².